The number of rotatable bonds is 6. The minimum atomic E-state index is -1.48. The highest BCUT2D eigenvalue weighted by Gasteiger charge is 2.76. The summed E-state index contributed by atoms with van der Waals surface area (Å²) in [5.74, 6) is -1.10. The molecule has 10 nitrogen and oxygen atoms in total. The third kappa shape index (κ3) is 4.26. The molecule has 0 amide bonds. The Bertz CT molecular complexity index is 1630. The number of ketones is 2. The first kappa shape index (κ1) is 30.1. The van der Waals surface area contributed by atoms with E-state index in [1.54, 1.807) is 41.1 Å². The molecule has 3 saturated carbocycles. The van der Waals surface area contributed by atoms with Crippen LogP contribution in [0, 0.1) is 28.6 Å². The van der Waals surface area contributed by atoms with Gasteiger partial charge in [-0.1, -0.05) is 37.6 Å². The first-order valence-electron chi connectivity index (χ1n) is 15.7. The van der Waals surface area contributed by atoms with Gasteiger partial charge in [-0.05, 0) is 73.4 Å². The van der Waals surface area contributed by atoms with E-state index in [1.807, 2.05) is 25.1 Å². The Balaban J connectivity index is 1.23. The van der Waals surface area contributed by atoms with E-state index >= 15 is 0 Å². The molecular formula is C35H40N2O8. The second kappa shape index (κ2) is 10.5. The number of anilines is 1. The van der Waals surface area contributed by atoms with E-state index in [9.17, 15) is 24.6 Å². The fraction of sp³-hybridized carbons (Fsp3) is 0.514. The van der Waals surface area contributed by atoms with Gasteiger partial charge in [-0.3, -0.25) is 9.59 Å². The van der Waals surface area contributed by atoms with Crippen LogP contribution in [0.1, 0.15) is 67.4 Å². The summed E-state index contributed by atoms with van der Waals surface area (Å²) in [6.45, 7) is 3.74. The lowest BCUT2D eigenvalue weighted by Gasteiger charge is -2.59. The summed E-state index contributed by atoms with van der Waals surface area (Å²) in [6.07, 6.45) is 6.98. The number of fused-ring (bicyclic) bond motifs is 7. The number of aromatic nitrogens is 1. The first-order valence-corrected chi connectivity index (χ1v) is 15.7. The Morgan fingerprint density at radius 2 is 1.96 bits per heavy atom. The Hall–Kier alpha value is -3.57. The maximum absolute atomic E-state index is 13.9. The number of hydrogen-bond acceptors (Lipinski definition) is 9. The van der Waals surface area contributed by atoms with E-state index in [0.29, 0.717) is 29.9 Å². The molecule has 7 rings (SSSR count). The van der Waals surface area contributed by atoms with Gasteiger partial charge in [-0.15, -0.1) is 0 Å². The molecule has 2 aromatic rings. The van der Waals surface area contributed by atoms with Crippen molar-refractivity contribution >= 4 is 23.2 Å². The number of allylic oxidation sites excluding steroid dienone is 4. The third-order valence-electron chi connectivity index (χ3n) is 11.7. The molecule has 2 heterocycles. The molecule has 10 heteroatoms. The highest BCUT2D eigenvalue weighted by atomic mass is 16.7. The Morgan fingerprint density at radius 3 is 2.67 bits per heavy atom. The van der Waals surface area contributed by atoms with Gasteiger partial charge < -0.3 is 34.7 Å². The summed E-state index contributed by atoms with van der Waals surface area (Å²) in [6, 6.07) is 9.00. The second-order valence-electron chi connectivity index (χ2n) is 13.9. The second-order valence-corrected chi connectivity index (χ2v) is 13.9. The summed E-state index contributed by atoms with van der Waals surface area (Å²) in [4.78, 5) is 38.8. The lowest BCUT2D eigenvalue weighted by Crippen LogP contribution is -2.63. The minimum absolute atomic E-state index is 0.0162. The molecule has 1 aliphatic heterocycles. The number of hydrogen-bond donors (Lipinski definition) is 3. The number of aliphatic hydroxyl groups is 2. The SMILES string of the molecule is COC(=O)c1cc([C@@H]2O[C@@H]3C[C@H]4[C@@H]5CCC6=CC(=O)C=C[C@]6(C)[C@H]5[C@@H](O)C[C@]4(C)[C@]3(C(=O)CO)O2)cn1Cc1ccc(N)cc1. The number of carbonyl (C=O) groups is 3. The van der Waals surface area contributed by atoms with Crippen molar-refractivity contribution in [1.82, 2.24) is 4.57 Å². The number of Topliss-reactive ketones (excluding diaryl/α,β-unsaturated/α-hetero) is 1. The maximum Gasteiger partial charge on any atom is 0.354 e. The van der Waals surface area contributed by atoms with Crippen molar-refractivity contribution in [3.8, 4) is 0 Å². The topological polar surface area (TPSA) is 150 Å². The van der Waals surface area contributed by atoms with Crippen molar-refractivity contribution in [2.75, 3.05) is 19.5 Å². The van der Waals surface area contributed by atoms with Crippen LogP contribution in [0.25, 0.3) is 0 Å². The zero-order chi connectivity index (χ0) is 31.9. The molecule has 238 valence electrons. The molecule has 45 heavy (non-hydrogen) atoms. The molecular weight excluding hydrogens is 576 g/mol. The largest absolute Gasteiger partial charge is 0.464 e. The summed E-state index contributed by atoms with van der Waals surface area (Å²) >= 11 is 0. The summed E-state index contributed by atoms with van der Waals surface area (Å²) < 4.78 is 20.1. The van der Waals surface area contributed by atoms with Crippen LogP contribution in [-0.4, -0.2) is 63.8 Å². The molecule has 1 aromatic heterocycles. The van der Waals surface area contributed by atoms with Crippen LogP contribution in [0.3, 0.4) is 0 Å². The zero-order valence-electron chi connectivity index (χ0n) is 25.8. The van der Waals surface area contributed by atoms with Crippen LogP contribution in [0.5, 0.6) is 0 Å². The van der Waals surface area contributed by atoms with Crippen LogP contribution in [0.15, 0.2) is 60.3 Å². The van der Waals surface area contributed by atoms with Gasteiger partial charge in [-0.25, -0.2) is 4.79 Å². The third-order valence-corrected chi connectivity index (χ3v) is 11.7. The average molecular weight is 617 g/mol. The van der Waals surface area contributed by atoms with E-state index < -0.39 is 53.3 Å². The molecule has 5 aliphatic rings. The highest BCUT2D eigenvalue weighted by molar-refractivity contribution is 6.01. The molecule has 0 unspecified atom stereocenters. The molecule has 4 N–H and O–H groups in total. The minimum Gasteiger partial charge on any atom is -0.464 e. The van der Waals surface area contributed by atoms with Crippen LogP contribution in [-0.2, 0) is 30.3 Å². The van der Waals surface area contributed by atoms with E-state index in [-0.39, 0.29) is 30.0 Å². The number of methoxy groups -OCH3 is 1. The van der Waals surface area contributed by atoms with Gasteiger partial charge in [0.05, 0.1) is 19.3 Å². The van der Waals surface area contributed by atoms with Crippen LogP contribution < -0.4 is 5.73 Å². The predicted molar refractivity (Wildman–Crippen MR) is 163 cm³/mol. The van der Waals surface area contributed by atoms with Gasteiger partial charge in [0.15, 0.2) is 23.5 Å². The van der Waals surface area contributed by atoms with Crippen molar-refractivity contribution in [1.29, 1.82) is 0 Å². The van der Waals surface area contributed by atoms with Crippen molar-refractivity contribution in [3.63, 3.8) is 0 Å². The number of nitrogens with two attached hydrogens (primary N) is 1. The van der Waals surface area contributed by atoms with E-state index in [2.05, 4.69) is 6.92 Å². The molecule has 1 aromatic carbocycles. The van der Waals surface area contributed by atoms with Gasteiger partial charge in [-0.2, -0.15) is 0 Å². The Morgan fingerprint density at radius 1 is 1.20 bits per heavy atom. The van der Waals surface area contributed by atoms with Gasteiger partial charge in [0.2, 0.25) is 0 Å². The van der Waals surface area contributed by atoms with E-state index in [1.165, 1.54) is 7.11 Å². The number of nitrogens with zero attached hydrogens (tertiary/aromatic N) is 1. The molecule has 1 saturated heterocycles. The zero-order valence-corrected chi connectivity index (χ0v) is 25.8. The molecule has 4 aliphatic carbocycles. The monoisotopic (exact) mass is 616 g/mol. The van der Waals surface area contributed by atoms with Gasteiger partial charge >= 0.3 is 5.97 Å². The van der Waals surface area contributed by atoms with E-state index in [0.717, 1.165) is 24.0 Å². The summed E-state index contributed by atoms with van der Waals surface area (Å²) in [5.41, 5.74) is 6.55. The van der Waals surface area contributed by atoms with Crippen molar-refractivity contribution < 1.29 is 38.8 Å². The maximum atomic E-state index is 13.9. The number of benzene rings is 1. The molecule has 0 bridgehead atoms. The fourth-order valence-corrected chi connectivity index (χ4v) is 9.72. The molecule has 0 spiro atoms. The van der Waals surface area contributed by atoms with Gasteiger partial charge in [0, 0.05) is 40.7 Å². The van der Waals surface area contributed by atoms with Gasteiger partial charge in [0.1, 0.15) is 12.3 Å². The number of nitrogen functional groups attached to an aromatic ring is 1. The molecule has 0 radical (unpaired) electrons. The van der Waals surface area contributed by atoms with Crippen molar-refractivity contribution in [2.45, 2.75) is 70.2 Å². The summed E-state index contributed by atoms with van der Waals surface area (Å²) in [5, 5.41) is 22.1. The standard InChI is InChI=1S/C35H40N2O8/c1-33-11-10-23(39)13-21(33)6-9-24-25-14-29-35(28(41)18-38,34(25,2)15-27(40)30(24)33)45-32(44-29)20-12-26(31(42)43-3)37(17-20)16-19-4-7-22(36)8-5-19/h4-5,7-8,10-13,17,24-25,27,29-30,32,38,40H,6,9,14-16,18,36H2,1-3H3/t24-,25-,27-,29+,30+,32+,33-,34-,35+/m0/s1. The van der Waals surface area contributed by atoms with E-state index in [4.69, 9.17) is 19.9 Å². The van der Waals surface area contributed by atoms with Crippen molar-refractivity contribution in [3.05, 3.63) is 77.2 Å². The lowest BCUT2D eigenvalue weighted by atomic mass is 9.46. The first-order chi connectivity index (χ1) is 21.4. The molecule has 4 fully saturated rings. The summed E-state index contributed by atoms with van der Waals surface area (Å²) in [7, 11) is 1.32. The highest BCUT2D eigenvalue weighted by Crippen LogP contribution is 2.70. The fourth-order valence-electron chi connectivity index (χ4n) is 9.72. The number of ether oxygens (including phenoxy) is 3. The Kier molecular flexibility index (Phi) is 7.01. The predicted octanol–water partition coefficient (Wildman–Crippen LogP) is 3.51. The average Bonchev–Trinajstić information content (AvgIpc) is 3.68. The quantitative estimate of drug-likeness (QED) is 0.327. The van der Waals surface area contributed by atoms with Crippen LogP contribution >= 0.6 is 0 Å². The number of carbonyl (C=O) groups excluding carboxylic acids is 3. The van der Waals surface area contributed by atoms with Crippen LogP contribution in [0.2, 0.25) is 0 Å². The Labute approximate surface area is 261 Å². The van der Waals surface area contributed by atoms with Crippen molar-refractivity contribution in [2.24, 2.45) is 28.6 Å². The van der Waals surface area contributed by atoms with Gasteiger partial charge in [0.25, 0.3) is 0 Å². The van der Waals surface area contributed by atoms with Crippen LogP contribution in [0.4, 0.5) is 5.69 Å². The normalized spacial score (nSPS) is 38.2. The lowest BCUT2D eigenvalue weighted by molar-refractivity contribution is -0.201. The number of esters is 1. The number of aliphatic hydroxyl groups excluding tert-OH is 2. The smallest absolute Gasteiger partial charge is 0.354 e. The molecule has 9 atom stereocenters.